The summed E-state index contributed by atoms with van der Waals surface area (Å²) in [6.45, 7) is 8.44. The second-order valence-corrected chi connectivity index (χ2v) is 6.06. The highest BCUT2D eigenvalue weighted by atomic mass is 16.2. The summed E-state index contributed by atoms with van der Waals surface area (Å²) in [5.74, 6) is -0.934. The van der Waals surface area contributed by atoms with Crippen molar-refractivity contribution in [3.63, 3.8) is 0 Å². The van der Waals surface area contributed by atoms with E-state index in [1.165, 1.54) is 0 Å². The molecule has 0 saturated heterocycles. The van der Waals surface area contributed by atoms with E-state index in [1.54, 1.807) is 12.4 Å². The first-order chi connectivity index (χ1) is 11.6. The number of amides is 2. The Morgan fingerprint density at radius 2 is 1.17 bits per heavy atom. The quantitative estimate of drug-likeness (QED) is 0.324. The first-order valence-corrected chi connectivity index (χ1v) is 9.25. The van der Waals surface area contributed by atoms with Gasteiger partial charge in [0.1, 0.15) is 0 Å². The molecule has 0 spiro atoms. The van der Waals surface area contributed by atoms with Gasteiger partial charge in [-0.3, -0.25) is 9.59 Å². The van der Waals surface area contributed by atoms with Crippen molar-refractivity contribution >= 4 is 24.2 Å². The summed E-state index contributed by atoms with van der Waals surface area (Å²) < 4.78 is 0. The summed E-state index contributed by atoms with van der Waals surface area (Å²) in [5, 5.41) is 7.76. The fourth-order valence-electron chi connectivity index (χ4n) is 2.20. The third-order valence-electron chi connectivity index (χ3n) is 4.01. The van der Waals surface area contributed by atoms with E-state index in [9.17, 15) is 9.59 Å². The van der Waals surface area contributed by atoms with E-state index in [-0.39, 0.29) is 0 Å². The zero-order valence-electron chi connectivity index (χ0n) is 15.7. The number of carbonyl (C=O) groups is 2. The van der Waals surface area contributed by atoms with E-state index in [0.717, 1.165) is 51.4 Å². The van der Waals surface area contributed by atoms with Gasteiger partial charge in [0.25, 0.3) is 0 Å². The van der Waals surface area contributed by atoms with Gasteiger partial charge in [-0.15, -0.1) is 0 Å². The molecule has 24 heavy (non-hydrogen) atoms. The molecule has 0 saturated carbocycles. The van der Waals surface area contributed by atoms with E-state index in [2.05, 4.69) is 48.7 Å². The molecule has 0 aromatic carbocycles. The van der Waals surface area contributed by atoms with Crippen LogP contribution in [0.3, 0.4) is 0 Å². The molecule has 138 valence electrons. The number of nitrogens with zero attached hydrogens (tertiary/aromatic N) is 2. The molecular weight excluding hydrogens is 304 g/mol. The van der Waals surface area contributed by atoms with Crippen LogP contribution in [0, 0.1) is 11.8 Å². The van der Waals surface area contributed by atoms with E-state index < -0.39 is 11.8 Å². The Kier molecular flexibility index (Phi) is 13.8. The van der Waals surface area contributed by atoms with Crippen molar-refractivity contribution in [2.45, 2.75) is 79.1 Å². The maximum absolute atomic E-state index is 11.6. The van der Waals surface area contributed by atoms with Crippen LogP contribution in [0.25, 0.3) is 0 Å². The number of unbranched alkanes of at least 4 members (excludes halogenated alkanes) is 2. The first-order valence-electron chi connectivity index (χ1n) is 9.25. The summed E-state index contributed by atoms with van der Waals surface area (Å²) in [7, 11) is 0. The second-order valence-electron chi connectivity index (χ2n) is 6.06. The number of hydrogen-bond acceptors (Lipinski definition) is 4. The van der Waals surface area contributed by atoms with Gasteiger partial charge >= 0.3 is 11.8 Å². The lowest BCUT2D eigenvalue weighted by Crippen LogP contribution is -2.35. The van der Waals surface area contributed by atoms with Crippen molar-refractivity contribution in [2.24, 2.45) is 22.0 Å². The molecule has 0 fully saturated rings. The standard InChI is InChI=1S/C18H34N4O2/c1-5-9-11-15(7-3)13-19-21-17(23)18(24)22-20-14-16(8-4)12-10-6-2/h13-16H,5-12H2,1-4H3,(H,21,23)(H,22,24)/b19-13-,20-14+/t15-,16+/m1/s1. The van der Waals surface area contributed by atoms with E-state index in [4.69, 9.17) is 0 Å². The Labute approximate surface area is 146 Å². The van der Waals surface area contributed by atoms with Gasteiger partial charge in [-0.2, -0.15) is 10.2 Å². The normalized spacial score (nSPS) is 14.0. The van der Waals surface area contributed by atoms with Crippen molar-refractivity contribution in [3.8, 4) is 0 Å². The maximum Gasteiger partial charge on any atom is 0.331 e. The minimum absolute atomic E-state index is 0.329. The largest absolute Gasteiger partial charge is 0.331 e. The highest BCUT2D eigenvalue weighted by Crippen LogP contribution is 2.10. The fraction of sp³-hybridized carbons (Fsp3) is 0.778. The van der Waals surface area contributed by atoms with Crippen LogP contribution in [0.4, 0.5) is 0 Å². The molecule has 0 unspecified atom stereocenters. The van der Waals surface area contributed by atoms with E-state index in [0.29, 0.717) is 11.8 Å². The predicted octanol–water partition coefficient (Wildman–Crippen LogP) is 3.62. The molecule has 6 heteroatoms. The molecule has 0 aliphatic heterocycles. The van der Waals surface area contributed by atoms with Crippen molar-refractivity contribution < 1.29 is 9.59 Å². The molecule has 2 N–H and O–H groups in total. The third-order valence-corrected chi connectivity index (χ3v) is 4.01. The molecule has 0 aliphatic rings. The van der Waals surface area contributed by atoms with Crippen LogP contribution >= 0.6 is 0 Å². The van der Waals surface area contributed by atoms with Crippen molar-refractivity contribution in [1.82, 2.24) is 10.9 Å². The summed E-state index contributed by atoms with van der Waals surface area (Å²) in [5.41, 5.74) is 4.51. The number of hydrazone groups is 2. The van der Waals surface area contributed by atoms with Gasteiger partial charge in [-0.1, -0.05) is 53.4 Å². The minimum Gasteiger partial charge on any atom is -0.262 e. The Morgan fingerprint density at radius 1 is 0.792 bits per heavy atom. The first kappa shape index (κ1) is 22.3. The second kappa shape index (κ2) is 14.8. The number of carbonyl (C=O) groups excluding carboxylic acids is 2. The Hall–Kier alpha value is -1.72. The van der Waals surface area contributed by atoms with Gasteiger partial charge < -0.3 is 0 Å². The Morgan fingerprint density at radius 3 is 1.46 bits per heavy atom. The van der Waals surface area contributed by atoms with Crippen LogP contribution in [0.2, 0.25) is 0 Å². The molecule has 0 aliphatic carbocycles. The zero-order valence-corrected chi connectivity index (χ0v) is 15.7. The third kappa shape index (κ3) is 10.9. The summed E-state index contributed by atoms with van der Waals surface area (Å²) in [4.78, 5) is 23.3. The molecule has 2 atom stereocenters. The van der Waals surface area contributed by atoms with E-state index >= 15 is 0 Å². The van der Waals surface area contributed by atoms with Crippen LogP contribution < -0.4 is 10.9 Å². The summed E-state index contributed by atoms with van der Waals surface area (Å²) >= 11 is 0. The average Bonchev–Trinajstić information content (AvgIpc) is 2.60. The van der Waals surface area contributed by atoms with Crippen LogP contribution in [0.15, 0.2) is 10.2 Å². The van der Waals surface area contributed by atoms with Crippen LogP contribution in [-0.2, 0) is 9.59 Å². The monoisotopic (exact) mass is 338 g/mol. The minimum atomic E-state index is -0.796. The zero-order chi connectivity index (χ0) is 18.2. The molecule has 2 amide bonds. The SMILES string of the molecule is CCCC[C@H](/C=N\NC(=O)C(=O)N/N=C/[C@@H](CC)CCCC)CC. The molecule has 0 heterocycles. The van der Waals surface area contributed by atoms with Gasteiger partial charge in [0, 0.05) is 12.4 Å². The van der Waals surface area contributed by atoms with Crippen molar-refractivity contribution in [3.05, 3.63) is 0 Å². The van der Waals surface area contributed by atoms with Gasteiger partial charge in [-0.25, -0.2) is 10.9 Å². The van der Waals surface area contributed by atoms with E-state index in [1.807, 2.05) is 0 Å². The molecule has 0 aromatic heterocycles. The summed E-state index contributed by atoms with van der Waals surface area (Å²) in [6, 6.07) is 0. The molecule has 0 radical (unpaired) electrons. The number of nitrogens with one attached hydrogen (secondary N) is 2. The lowest BCUT2D eigenvalue weighted by Gasteiger charge is -2.08. The lowest BCUT2D eigenvalue weighted by atomic mass is 10.0. The van der Waals surface area contributed by atoms with Gasteiger partial charge in [0.15, 0.2) is 0 Å². The molecule has 0 aromatic rings. The van der Waals surface area contributed by atoms with Gasteiger partial charge in [0.2, 0.25) is 0 Å². The molecule has 0 bridgehead atoms. The maximum atomic E-state index is 11.6. The molecule has 6 nitrogen and oxygen atoms in total. The number of hydrogen-bond donors (Lipinski definition) is 2. The summed E-state index contributed by atoms with van der Waals surface area (Å²) in [6.07, 6.45) is 12.0. The molecule has 0 rings (SSSR count). The highest BCUT2D eigenvalue weighted by Gasteiger charge is 2.12. The van der Waals surface area contributed by atoms with Crippen LogP contribution in [-0.4, -0.2) is 24.2 Å². The van der Waals surface area contributed by atoms with Crippen LogP contribution in [0.1, 0.15) is 79.1 Å². The molecular formula is C18H34N4O2. The van der Waals surface area contributed by atoms with Gasteiger partial charge in [0.05, 0.1) is 0 Å². The predicted molar refractivity (Wildman–Crippen MR) is 99.9 cm³/mol. The Bertz CT molecular complexity index is 370. The fourth-order valence-corrected chi connectivity index (χ4v) is 2.20. The Balaban J connectivity index is 4.20. The topological polar surface area (TPSA) is 82.9 Å². The van der Waals surface area contributed by atoms with Crippen LogP contribution in [0.5, 0.6) is 0 Å². The van der Waals surface area contributed by atoms with Crippen molar-refractivity contribution in [2.75, 3.05) is 0 Å². The average molecular weight is 338 g/mol. The smallest absolute Gasteiger partial charge is 0.262 e. The number of rotatable bonds is 12. The van der Waals surface area contributed by atoms with Gasteiger partial charge in [-0.05, 0) is 37.5 Å². The van der Waals surface area contributed by atoms with Crippen molar-refractivity contribution in [1.29, 1.82) is 0 Å². The highest BCUT2D eigenvalue weighted by molar-refractivity contribution is 6.35. The lowest BCUT2D eigenvalue weighted by molar-refractivity contribution is -0.139.